The Morgan fingerprint density at radius 1 is 1.00 bits per heavy atom. The number of rotatable bonds is 11. The monoisotopic (exact) mass is 350 g/mol. The molecule has 6 nitrogen and oxygen atoms in total. The van der Waals surface area contributed by atoms with E-state index in [4.69, 9.17) is 4.55 Å². The molecule has 0 aliphatic carbocycles. The highest BCUT2D eigenvalue weighted by atomic mass is 32.3. The zero-order chi connectivity index (χ0) is 17.6. The largest absolute Gasteiger partial charge is 0.397 e. The maximum Gasteiger partial charge on any atom is 0.397 e. The molecule has 0 radical (unpaired) electrons. The number of unbranched alkanes of at least 4 members (excludes halogenated alkanes) is 6. The quantitative estimate of drug-likeness (QED) is 0.453. The molecule has 0 amide bonds. The molecule has 1 N–H and O–H groups in total. The smallest absolute Gasteiger partial charge is 0.362 e. The van der Waals surface area contributed by atoms with Gasteiger partial charge in [-0.2, -0.15) is 8.42 Å². The van der Waals surface area contributed by atoms with Gasteiger partial charge in [-0.3, -0.25) is 4.55 Å². The highest BCUT2D eigenvalue weighted by Gasteiger charge is 2.05. The lowest BCUT2D eigenvalue weighted by Crippen LogP contribution is -2.23. The summed E-state index contributed by atoms with van der Waals surface area (Å²) in [4.78, 5) is 4.53. The van der Waals surface area contributed by atoms with E-state index in [0.717, 1.165) is 19.5 Å². The summed E-state index contributed by atoms with van der Waals surface area (Å²) in [7, 11) is -2.12. The summed E-state index contributed by atoms with van der Waals surface area (Å²) in [5, 5.41) is 0. The predicted octanol–water partition coefficient (Wildman–Crippen LogP) is 3.63. The second kappa shape index (κ2) is 13.6. The molecule has 0 saturated heterocycles. The van der Waals surface area contributed by atoms with Crippen LogP contribution in [0, 0.1) is 0 Å². The third kappa shape index (κ3) is 15.9. The van der Waals surface area contributed by atoms with Crippen LogP contribution in [-0.2, 0) is 14.6 Å². The minimum absolute atomic E-state index is 0.0883. The zero-order valence-electron chi connectivity index (χ0n) is 14.9. The van der Waals surface area contributed by atoms with Crippen LogP contribution < -0.4 is 0 Å². The van der Waals surface area contributed by atoms with Gasteiger partial charge in [-0.25, -0.2) is 4.18 Å². The van der Waals surface area contributed by atoms with E-state index in [-0.39, 0.29) is 6.61 Å². The molecule has 0 aromatic rings. The fourth-order valence-corrected chi connectivity index (χ4v) is 2.47. The standard InChI is InChI=1S/C8H16N2.C8H18O4S/c1-3-4-5-10-7-6-9(2)8-10;1-2-3-4-5-6-7-8-12-13(9,10)11/h6-7H,3-5,8H2,1-2H3;2-8H2,1H3,(H,9,10,11). The molecule has 0 saturated carbocycles. The van der Waals surface area contributed by atoms with Gasteiger partial charge in [-0.1, -0.05) is 52.4 Å². The van der Waals surface area contributed by atoms with Crippen molar-refractivity contribution in [3.8, 4) is 0 Å². The van der Waals surface area contributed by atoms with Gasteiger partial charge >= 0.3 is 10.4 Å². The van der Waals surface area contributed by atoms with Crippen LogP contribution in [0.3, 0.4) is 0 Å². The molecule has 1 heterocycles. The lowest BCUT2D eigenvalue weighted by atomic mass is 10.1. The summed E-state index contributed by atoms with van der Waals surface area (Å²) >= 11 is 0. The van der Waals surface area contributed by atoms with E-state index in [1.165, 1.54) is 38.6 Å². The molecule has 23 heavy (non-hydrogen) atoms. The van der Waals surface area contributed by atoms with Crippen molar-refractivity contribution < 1.29 is 17.2 Å². The summed E-state index contributed by atoms with van der Waals surface area (Å²) in [6.07, 6.45) is 13.2. The molecular formula is C16H34N2O4S. The van der Waals surface area contributed by atoms with Gasteiger partial charge in [0.2, 0.25) is 0 Å². The number of nitrogens with zero attached hydrogens (tertiary/aromatic N) is 2. The van der Waals surface area contributed by atoms with E-state index in [0.29, 0.717) is 6.42 Å². The molecule has 0 aromatic carbocycles. The van der Waals surface area contributed by atoms with E-state index in [1.54, 1.807) is 0 Å². The first-order valence-electron chi connectivity index (χ1n) is 8.63. The Morgan fingerprint density at radius 2 is 1.61 bits per heavy atom. The van der Waals surface area contributed by atoms with Gasteiger partial charge in [0, 0.05) is 26.0 Å². The fraction of sp³-hybridized carbons (Fsp3) is 0.875. The van der Waals surface area contributed by atoms with Crippen molar-refractivity contribution in [2.24, 2.45) is 0 Å². The van der Waals surface area contributed by atoms with Gasteiger partial charge in [0.05, 0.1) is 13.3 Å². The second-order valence-corrected chi connectivity index (χ2v) is 6.97. The molecule has 0 bridgehead atoms. The molecule has 138 valence electrons. The Morgan fingerprint density at radius 3 is 2.13 bits per heavy atom. The van der Waals surface area contributed by atoms with E-state index >= 15 is 0 Å². The van der Waals surface area contributed by atoms with Crippen molar-refractivity contribution in [2.45, 2.75) is 65.2 Å². The molecule has 7 heteroatoms. The van der Waals surface area contributed by atoms with Crippen LogP contribution >= 0.6 is 0 Å². The van der Waals surface area contributed by atoms with Crippen LogP contribution in [-0.4, -0.2) is 49.6 Å². The fourth-order valence-electron chi connectivity index (χ4n) is 2.14. The highest BCUT2D eigenvalue weighted by Crippen LogP contribution is 2.05. The Labute approximate surface area is 142 Å². The van der Waals surface area contributed by atoms with Gasteiger partial charge in [0.1, 0.15) is 0 Å². The summed E-state index contributed by atoms with van der Waals surface area (Å²) in [5.74, 6) is 0. The summed E-state index contributed by atoms with van der Waals surface area (Å²) < 4.78 is 32.6. The Bertz CT molecular complexity index is 399. The maximum atomic E-state index is 10.1. The van der Waals surface area contributed by atoms with Crippen molar-refractivity contribution in [1.82, 2.24) is 9.80 Å². The summed E-state index contributed by atoms with van der Waals surface area (Å²) in [6.45, 7) is 6.73. The number of hydrogen-bond acceptors (Lipinski definition) is 5. The lowest BCUT2D eigenvalue weighted by molar-refractivity contribution is 0.261. The molecular weight excluding hydrogens is 316 g/mol. The van der Waals surface area contributed by atoms with Crippen LogP contribution in [0.4, 0.5) is 0 Å². The van der Waals surface area contributed by atoms with Crippen molar-refractivity contribution in [2.75, 3.05) is 26.9 Å². The molecule has 0 fully saturated rings. The maximum absolute atomic E-state index is 10.1. The van der Waals surface area contributed by atoms with Crippen LogP contribution in [0.2, 0.25) is 0 Å². The lowest BCUT2D eigenvalue weighted by Gasteiger charge is -2.17. The second-order valence-electron chi connectivity index (χ2n) is 5.88. The molecule has 1 aliphatic heterocycles. The van der Waals surface area contributed by atoms with Crippen LogP contribution in [0.25, 0.3) is 0 Å². The first kappa shape index (κ1) is 22.2. The molecule has 0 spiro atoms. The average Bonchev–Trinajstić information content (AvgIpc) is 2.89. The van der Waals surface area contributed by atoms with Gasteiger partial charge < -0.3 is 9.80 Å². The third-order valence-corrected chi connectivity index (χ3v) is 3.93. The zero-order valence-corrected chi connectivity index (χ0v) is 15.7. The van der Waals surface area contributed by atoms with Crippen molar-refractivity contribution in [3.63, 3.8) is 0 Å². The Balaban J connectivity index is 0.000000433. The van der Waals surface area contributed by atoms with E-state index in [1.807, 2.05) is 0 Å². The van der Waals surface area contributed by atoms with Gasteiger partial charge in [0.25, 0.3) is 0 Å². The van der Waals surface area contributed by atoms with Crippen molar-refractivity contribution in [3.05, 3.63) is 12.4 Å². The molecule has 1 aliphatic rings. The van der Waals surface area contributed by atoms with Crippen LogP contribution in [0.1, 0.15) is 65.2 Å². The Kier molecular flexibility index (Phi) is 13.2. The molecule has 0 aromatic heterocycles. The van der Waals surface area contributed by atoms with Crippen molar-refractivity contribution >= 4 is 10.4 Å². The molecule has 1 rings (SSSR count). The van der Waals surface area contributed by atoms with E-state index in [9.17, 15) is 8.42 Å². The van der Waals surface area contributed by atoms with Crippen LogP contribution in [0.15, 0.2) is 12.4 Å². The van der Waals surface area contributed by atoms with Gasteiger partial charge in [-0.05, 0) is 12.8 Å². The molecule has 0 unspecified atom stereocenters. The predicted molar refractivity (Wildman–Crippen MR) is 94.3 cm³/mol. The van der Waals surface area contributed by atoms with E-state index in [2.05, 4.69) is 47.3 Å². The summed E-state index contributed by atoms with van der Waals surface area (Å²) in [6, 6.07) is 0. The van der Waals surface area contributed by atoms with Gasteiger partial charge in [0.15, 0.2) is 0 Å². The average molecular weight is 351 g/mol. The van der Waals surface area contributed by atoms with E-state index < -0.39 is 10.4 Å². The summed E-state index contributed by atoms with van der Waals surface area (Å²) in [5.41, 5.74) is 0. The minimum atomic E-state index is -4.22. The first-order valence-corrected chi connectivity index (χ1v) is 10.00. The van der Waals surface area contributed by atoms with Crippen LogP contribution in [0.5, 0.6) is 0 Å². The van der Waals surface area contributed by atoms with Gasteiger partial charge in [-0.15, -0.1) is 0 Å². The minimum Gasteiger partial charge on any atom is -0.362 e. The highest BCUT2D eigenvalue weighted by molar-refractivity contribution is 7.80. The van der Waals surface area contributed by atoms with Crippen molar-refractivity contribution in [1.29, 1.82) is 0 Å². The third-order valence-electron chi connectivity index (χ3n) is 3.47. The number of hydrogen-bond donors (Lipinski definition) is 1. The normalized spacial score (nSPS) is 14.1. The SMILES string of the molecule is CCCCCCCCOS(=O)(=O)O.CCCCN1C=CN(C)C1. The first-order chi connectivity index (χ1) is 10.9. The molecule has 0 atom stereocenters. The topological polar surface area (TPSA) is 70.1 Å². The Hall–Kier alpha value is -0.790.